The third kappa shape index (κ3) is 3.83. The van der Waals surface area contributed by atoms with Crippen molar-refractivity contribution in [3.05, 3.63) is 70.2 Å². The highest BCUT2D eigenvalue weighted by Crippen LogP contribution is 2.28. The maximum Gasteiger partial charge on any atom is 0.113 e. The highest BCUT2D eigenvalue weighted by atomic mass is 32.1. The van der Waals surface area contributed by atoms with E-state index in [9.17, 15) is 0 Å². The fourth-order valence-electron chi connectivity index (χ4n) is 3.69. The SMILES string of the molecule is Cc1ncsc1CN1CCCC(c2nccn2Cc2ccccc2)C1. The number of thiazole rings is 1. The largest absolute Gasteiger partial charge is 0.330 e. The third-order valence-electron chi connectivity index (χ3n) is 5.03. The summed E-state index contributed by atoms with van der Waals surface area (Å²) in [4.78, 5) is 13.1. The van der Waals surface area contributed by atoms with Crippen LogP contribution in [0.15, 0.2) is 48.2 Å². The number of hydrogen-bond donors (Lipinski definition) is 0. The minimum Gasteiger partial charge on any atom is -0.330 e. The van der Waals surface area contributed by atoms with Crippen molar-refractivity contribution >= 4 is 11.3 Å². The van der Waals surface area contributed by atoms with Crippen LogP contribution in [0.3, 0.4) is 0 Å². The molecule has 0 saturated carbocycles. The van der Waals surface area contributed by atoms with Crippen LogP contribution in [0.4, 0.5) is 0 Å². The Kier molecular flexibility index (Phi) is 4.95. The van der Waals surface area contributed by atoms with Gasteiger partial charge in [0.2, 0.25) is 0 Å². The number of hydrogen-bond acceptors (Lipinski definition) is 4. The summed E-state index contributed by atoms with van der Waals surface area (Å²) in [5.74, 6) is 1.75. The van der Waals surface area contributed by atoms with E-state index in [4.69, 9.17) is 4.98 Å². The average Bonchev–Trinajstić information content (AvgIpc) is 3.26. The van der Waals surface area contributed by atoms with Gasteiger partial charge < -0.3 is 4.57 Å². The van der Waals surface area contributed by atoms with Crippen molar-refractivity contribution in [1.82, 2.24) is 19.4 Å². The van der Waals surface area contributed by atoms with Crippen molar-refractivity contribution in [2.45, 2.75) is 38.8 Å². The van der Waals surface area contributed by atoms with Gasteiger partial charge in [-0.1, -0.05) is 30.3 Å². The summed E-state index contributed by atoms with van der Waals surface area (Å²) in [6.45, 7) is 6.29. The molecule has 1 atom stereocenters. The van der Waals surface area contributed by atoms with Crippen LogP contribution in [0, 0.1) is 6.92 Å². The van der Waals surface area contributed by atoms with Gasteiger partial charge in [-0.05, 0) is 31.9 Å². The minimum absolute atomic E-state index is 0.515. The van der Waals surface area contributed by atoms with Gasteiger partial charge in [0.25, 0.3) is 0 Å². The molecule has 3 aromatic rings. The number of benzene rings is 1. The lowest BCUT2D eigenvalue weighted by Gasteiger charge is -2.32. The smallest absolute Gasteiger partial charge is 0.113 e. The second-order valence-electron chi connectivity index (χ2n) is 6.83. The first kappa shape index (κ1) is 16.5. The molecule has 0 aliphatic carbocycles. The minimum atomic E-state index is 0.515. The van der Waals surface area contributed by atoms with E-state index in [1.54, 1.807) is 11.3 Å². The molecule has 2 aromatic heterocycles. The second-order valence-corrected chi connectivity index (χ2v) is 7.77. The number of imidazole rings is 1. The second kappa shape index (κ2) is 7.50. The Morgan fingerprint density at radius 3 is 2.84 bits per heavy atom. The quantitative estimate of drug-likeness (QED) is 0.694. The Morgan fingerprint density at radius 2 is 2.04 bits per heavy atom. The first-order valence-corrected chi connectivity index (χ1v) is 9.84. The molecule has 25 heavy (non-hydrogen) atoms. The van der Waals surface area contributed by atoms with Crippen LogP contribution < -0.4 is 0 Å². The Labute approximate surface area is 153 Å². The summed E-state index contributed by atoms with van der Waals surface area (Å²) in [7, 11) is 0. The van der Waals surface area contributed by atoms with E-state index in [2.05, 4.69) is 57.9 Å². The predicted octanol–water partition coefficient (Wildman–Crippen LogP) is 4.08. The van der Waals surface area contributed by atoms with Gasteiger partial charge >= 0.3 is 0 Å². The molecular formula is C20H24N4S. The normalized spacial score (nSPS) is 18.5. The number of piperidine rings is 1. The highest BCUT2D eigenvalue weighted by Gasteiger charge is 2.25. The Hall–Kier alpha value is -1.98. The summed E-state index contributed by atoms with van der Waals surface area (Å²) in [5, 5.41) is 0. The third-order valence-corrected chi connectivity index (χ3v) is 5.95. The average molecular weight is 353 g/mol. The molecular weight excluding hydrogens is 328 g/mol. The zero-order chi connectivity index (χ0) is 17.1. The van der Waals surface area contributed by atoms with Crippen molar-refractivity contribution in [3.63, 3.8) is 0 Å². The molecule has 1 aliphatic heterocycles. The Bertz CT molecular complexity index is 808. The summed E-state index contributed by atoms with van der Waals surface area (Å²) in [6, 6.07) is 10.6. The van der Waals surface area contributed by atoms with Crippen molar-refractivity contribution in [2.75, 3.05) is 13.1 Å². The van der Waals surface area contributed by atoms with Crippen LogP contribution in [0.25, 0.3) is 0 Å². The van der Waals surface area contributed by atoms with Gasteiger partial charge in [0.1, 0.15) is 5.82 Å². The fraction of sp³-hybridized carbons (Fsp3) is 0.400. The van der Waals surface area contributed by atoms with Crippen molar-refractivity contribution in [3.8, 4) is 0 Å². The van der Waals surface area contributed by atoms with Crippen LogP contribution in [-0.4, -0.2) is 32.5 Å². The molecule has 130 valence electrons. The standard InChI is InChI=1S/C20H24N4S/c1-16-19(25-15-22-16)14-23-10-5-8-18(13-23)20-21-9-11-24(20)12-17-6-3-2-4-7-17/h2-4,6-7,9,11,15,18H,5,8,10,12-14H2,1H3. The summed E-state index contributed by atoms with van der Waals surface area (Å²) >= 11 is 1.77. The van der Waals surface area contributed by atoms with E-state index in [0.717, 1.165) is 19.6 Å². The maximum absolute atomic E-state index is 4.71. The van der Waals surface area contributed by atoms with E-state index in [0.29, 0.717) is 5.92 Å². The Morgan fingerprint density at radius 1 is 1.16 bits per heavy atom. The lowest BCUT2D eigenvalue weighted by molar-refractivity contribution is 0.196. The Balaban J connectivity index is 1.47. The van der Waals surface area contributed by atoms with Gasteiger partial charge in [0.15, 0.2) is 0 Å². The molecule has 1 fully saturated rings. The first-order chi connectivity index (χ1) is 12.3. The monoisotopic (exact) mass is 352 g/mol. The molecule has 0 radical (unpaired) electrons. The molecule has 4 nitrogen and oxygen atoms in total. The van der Waals surface area contributed by atoms with Gasteiger partial charge in [-0.3, -0.25) is 4.90 Å². The molecule has 0 N–H and O–H groups in total. The zero-order valence-corrected chi connectivity index (χ0v) is 15.5. The van der Waals surface area contributed by atoms with Crippen LogP contribution in [-0.2, 0) is 13.1 Å². The molecule has 5 heteroatoms. The molecule has 4 rings (SSSR count). The van der Waals surface area contributed by atoms with Gasteiger partial charge in [-0.25, -0.2) is 9.97 Å². The van der Waals surface area contributed by atoms with E-state index < -0.39 is 0 Å². The van der Waals surface area contributed by atoms with Crippen LogP contribution in [0.1, 0.15) is 40.7 Å². The molecule has 1 aliphatic rings. The number of aromatic nitrogens is 3. The van der Waals surface area contributed by atoms with Crippen LogP contribution in [0.5, 0.6) is 0 Å². The predicted molar refractivity (Wildman–Crippen MR) is 102 cm³/mol. The molecule has 0 spiro atoms. The molecule has 1 aromatic carbocycles. The van der Waals surface area contributed by atoms with Gasteiger partial charge in [0.05, 0.1) is 11.2 Å². The summed E-state index contributed by atoms with van der Waals surface area (Å²) < 4.78 is 2.32. The van der Waals surface area contributed by atoms with Crippen LogP contribution in [0.2, 0.25) is 0 Å². The number of nitrogens with zero attached hydrogens (tertiary/aromatic N) is 4. The van der Waals surface area contributed by atoms with Crippen molar-refractivity contribution in [1.29, 1.82) is 0 Å². The molecule has 1 saturated heterocycles. The zero-order valence-electron chi connectivity index (χ0n) is 14.6. The summed E-state index contributed by atoms with van der Waals surface area (Å²) in [5.41, 5.74) is 4.46. The van der Waals surface area contributed by atoms with Gasteiger partial charge in [-0.15, -0.1) is 11.3 Å². The van der Waals surface area contributed by atoms with Crippen molar-refractivity contribution in [2.24, 2.45) is 0 Å². The fourth-order valence-corrected chi connectivity index (χ4v) is 4.50. The number of likely N-dealkylation sites (tertiary alicyclic amines) is 1. The van der Waals surface area contributed by atoms with E-state index in [1.807, 2.05) is 11.7 Å². The van der Waals surface area contributed by atoms with E-state index in [-0.39, 0.29) is 0 Å². The maximum atomic E-state index is 4.71. The lowest BCUT2D eigenvalue weighted by atomic mass is 9.97. The van der Waals surface area contributed by atoms with Crippen LogP contribution >= 0.6 is 11.3 Å². The molecule has 3 heterocycles. The van der Waals surface area contributed by atoms with E-state index >= 15 is 0 Å². The summed E-state index contributed by atoms with van der Waals surface area (Å²) in [6.07, 6.45) is 6.53. The molecule has 0 bridgehead atoms. The lowest BCUT2D eigenvalue weighted by Crippen LogP contribution is -2.34. The molecule has 0 amide bonds. The molecule has 1 unspecified atom stereocenters. The first-order valence-electron chi connectivity index (χ1n) is 8.96. The number of aryl methyl sites for hydroxylation is 1. The van der Waals surface area contributed by atoms with Gasteiger partial charge in [-0.2, -0.15) is 0 Å². The topological polar surface area (TPSA) is 34.0 Å². The van der Waals surface area contributed by atoms with Gasteiger partial charge in [0, 0.05) is 42.8 Å². The van der Waals surface area contributed by atoms with Crippen molar-refractivity contribution < 1.29 is 0 Å². The van der Waals surface area contributed by atoms with E-state index in [1.165, 1.54) is 41.3 Å². The number of rotatable bonds is 5. The highest BCUT2D eigenvalue weighted by molar-refractivity contribution is 7.09.